The number of aromatic nitrogens is 4. The largest absolute Gasteiger partial charge is 0.443 e. The van der Waals surface area contributed by atoms with E-state index in [1.807, 2.05) is 48.1 Å². The molecule has 0 radical (unpaired) electrons. The maximum atomic E-state index is 13.1. The van der Waals surface area contributed by atoms with Crippen LogP contribution < -0.4 is 10.4 Å². The Morgan fingerprint density at radius 1 is 0.974 bits per heavy atom. The molecule has 3 aromatic heterocycles. The highest BCUT2D eigenvalue weighted by molar-refractivity contribution is 5.92. The van der Waals surface area contributed by atoms with Crippen LogP contribution in [-0.2, 0) is 23.1 Å². The number of amides is 2. The number of hydrogen-bond donors (Lipinski definition) is 1. The van der Waals surface area contributed by atoms with Crippen LogP contribution in [0.2, 0.25) is 0 Å². The van der Waals surface area contributed by atoms with Crippen LogP contribution in [0, 0.1) is 0 Å². The summed E-state index contributed by atoms with van der Waals surface area (Å²) in [6, 6.07) is 15.5. The van der Waals surface area contributed by atoms with Crippen molar-refractivity contribution in [3.63, 3.8) is 0 Å². The van der Waals surface area contributed by atoms with Crippen LogP contribution in [0.3, 0.4) is 0 Å². The number of aryl methyl sites for hydroxylation is 1. The standard InChI is InChI=1S/C28H34N6O4/c1-27(2,3)37-25(35)31-34(26(36)38-28(4,5)6)24-14-13-22-20(30-24)15-23(21-17-32(7)18-29-21)33(22)16-19-11-9-8-10-12-19/h8-15,17-18H,16H2,1-7H3,(H,31,35). The quantitative estimate of drug-likeness (QED) is 0.349. The van der Waals surface area contributed by atoms with Crippen molar-refractivity contribution in [2.45, 2.75) is 59.3 Å². The Labute approximate surface area is 222 Å². The fourth-order valence-electron chi connectivity index (χ4n) is 3.84. The van der Waals surface area contributed by atoms with E-state index in [0.29, 0.717) is 12.1 Å². The first-order valence-electron chi connectivity index (χ1n) is 12.3. The van der Waals surface area contributed by atoms with Crippen molar-refractivity contribution in [2.24, 2.45) is 7.05 Å². The number of pyridine rings is 1. The molecular formula is C28H34N6O4. The number of ether oxygens (including phenoxy) is 2. The molecule has 0 aliphatic rings. The van der Waals surface area contributed by atoms with Gasteiger partial charge in [0.05, 0.1) is 23.1 Å². The van der Waals surface area contributed by atoms with E-state index >= 15 is 0 Å². The number of hydrogen-bond acceptors (Lipinski definition) is 6. The zero-order valence-electron chi connectivity index (χ0n) is 22.8. The molecule has 0 atom stereocenters. The third-order valence-corrected chi connectivity index (χ3v) is 5.30. The van der Waals surface area contributed by atoms with E-state index in [0.717, 1.165) is 27.5 Å². The van der Waals surface area contributed by atoms with E-state index < -0.39 is 23.4 Å². The van der Waals surface area contributed by atoms with E-state index in [1.165, 1.54) is 0 Å². The molecular weight excluding hydrogens is 484 g/mol. The van der Waals surface area contributed by atoms with Gasteiger partial charge < -0.3 is 18.6 Å². The SMILES string of the molecule is Cn1cnc(-c2cc3nc(N(NC(=O)OC(C)(C)C)C(=O)OC(C)(C)C)ccc3n2Cc2ccccc2)c1. The minimum Gasteiger partial charge on any atom is -0.443 e. The lowest BCUT2D eigenvalue weighted by Crippen LogP contribution is -2.50. The number of anilines is 1. The average Bonchev–Trinajstić information content (AvgIpc) is 3.39. The molecule has 0 unspecified atom stereocenters. The van der Waals surface area contributed by atoms with Crippen LogP contribution >= 0.6 is 0 Å². The summed E-state index contributed by atoms with van der Waals surface area (Å²) in [5.74, 6) is 0.182. The summed E-state index contributed by atoms with van der Waals surface area (Å²) in [4.78, 5) is 35.0. The summed E-state index contributed by atoms with van der Waals surface area (Å²) < 4.78 is 14.9. The van der Waals surface area contributed by atoms with Crippen molar-refractivity contribution in [1.82, 2.24) is 24.5 Å². The highest BCUT2D eigenvalue weighted by atomic mass is 16.6. The smallest absolute Gasteiger partial charge is 0.435 e. The van der Waals surface area contributed by atoms with Crippen LogP contribution in [0.4, 0.5) is 15.4 Å². The maximum absolute atomic E-state index is 13.1. The Hall–Kier alpha value is -4.34. The third kappa shape index (κ3) is 6.50. The third-order valence-electron chi connectivity index (χ3n) is 5.30. The second-order valence-electron chi connectivity index (χ2n) is 11.0. The first-order valence-corrected chi connectivity index (χ1v) is 12.3. The molecule has 0 bridgehead atoms. The fourth-order valence-corrected chi connectivity index (χ4v) is 3.84. The first kappa shape index (κ1) is 26.7. The Morgan fingerprint density at radius 2 is 1.66 bits per heavy atom. The van der Waals surface area contributed by atoms with Gasteiger partial charge in [-0.3, -0.25) is 0 Å². The molecule has 2 amide bonds. The number of hydrazine groups is 1. The van der Waals surface area contributed by atoms with Crippen LogP contribution in [0.5, 0.6) is 0 Å². The van der Waals surface area contributed by atoms with Crippen LogP contribution in [0.1, 0.15) is 47.1 Å². The predicted molar refractivity (Wildman–Crippen MR) is 146 cm³/mol. The molecule has 3 heterocycles. The Morgan fingerprint density at radius 3 is 2.26 bits per heavy atom. The first-order chi connectivity index (χ1) is 17.8. The van der Waals surface area contributed by atoms with Crippen LogP contribution in [0.15, 0.2) is 61.1 Å². The molecule has 0 fully saturated rings. The zero-order valence-corrected chi connectivity index (χ0v) is 22.8. The van der Waals surface area contributed by atoms with Gasteiger partial charge in [0.2, 0.25) is 0 Å². The molecule has 0 aliphatic carbocycles. The van der Waals surface area contributed by atoms with Crippen LogP contribution in [-0.4, -0.2) is 42.5 Å². The lowest BCUT2D eigenvalue weighted by atomic mass is 10.2. The number of nitrogens with zero attached hydrogens (tertiary/aromatic N) is 5. The molecule has 4 rings (SSSR count). The number of rotatable bonds is 4. The van der Waals surface area contributed by atoms with Gasteiger partial charge in [0.1, 0.15) is 16.9 Å². The van der Waals surface area contributed by atoms with Gasteiger partial charge in [-0.05, 0) is 65.3 Å². The molecule has 38 heavy (non-hydrogen) atoms. The van der Waals surface area contributed by atoms with Gasteiger partial charge >= 0.3 is 12.2 Å². The Kier molecular flexibility index (Phi) is 7.17. The van der Waals surface area contributed by atoms with Crippen molar-refractivity contribution in [1.29, 1.82) is 0 Å². The summed E-state index contributed by atoms with van der Waals surface area (Å²) in [6.45, 7) is 11.1. The van der Waals surface area contributed by atoms with Crippen LogP contribution in [0.25, 0.3) is 22.4 Å². The summed E-state index contributed by atoms with van der Waals surface area (Å²) in [7, 11) is 1.91. The normalized spacial score (nSPS) is 11.9. The van der Waals surface area contributed by atoms with Gasteiger partial charge in [-0.1, -0.05) is 30.3 Å². The highest BCUT2D eigenvalue weighted by Gasteiger charge is 2.29. The Balaban J connectivity index is 1.78. The number of imidazole rings is 1. The van der Waals surface area contributed by atoms with Gasteiger partial charge in [-0.2, -0.15) is 5.01 Å². The molecule has 1 N–H and O–H groups in total. The second-order valence-corrected chi connectivity index (χ2v) is 11.0. The summed E-state index contributed by atoms with van der Waals surface area (Å²) in [5.41, 5.74) is 5.19. The van der Waals surface area contributed by atoms with E-state index in [-0.39, 0.29) is 5.82 Å². The zero-order chi connectivity index (χ0) is 27.7. The van der Waals surface area contributed by atoms with E-state index in [2.05, 4.69) is 27.1 Å². The molecule has 10 heteroatoms. The van der Waals surface area contributed by atoms with E-state index in [9.17, 15) is 9.59 Å². The van der Waals surface area contributed by atoms with Gasteiger partial charge in [-0.15, -0.1) is 0 Å². The second kappa shape index (κ2) is 10.2. The summed E-state index contributed by atoms with van der Waals surface area (Å²) in [6.07, 6.45) is 2.09. The van der Waals surface area contributed by atoms with Crippen molar-refractivity contribution < 1.29 is 19.1 Å². The van der Waals surface area contributed by atoms with Crippen molar-refractivity contribution in [3.8, 4) is 11.4 Å². The molecule has 10 nitrogen and oxygen atoms in total. The fraction of sp³-hybridized carbons (Fsp3) is 0.357. The van der Waals surface area contributed by atoms with Crippen molar-refractivity contribution in [3.05, 3.63) is 66.6 Å². The maximum Gasteiger partial charge on any atom is 0.435 e. The number of carbonyl (C=O) groups is 2. The monoisotopic (exact) mass is 518 g/mol. The van der Waals surface area contributed by atoms with Gasteiger partial charge in [-0.25, -0.2) is 25.0 Å². The molecule has 0 saturated heterocycles. The van der Waals surface area contributed by atoms with E-state index in [1.54, 1.807) is 53.9 Å². The van der Waals surface area contributed by atoms with Gasteiger partial charge in [0.15, 0.2) is 5.82 Å². The van der Waals surface area contributed by atoms with E-state index in [4.69, 9.17) is 14.5 Å². The van der Waals surface area contributed by atoms with Crippen molar-refractivity contribution in [2.75, 3.05) is 5.01 Å². The lowest BCUT2D eigenvalue weighted by molar-refractivity contribution is 0.0424. The van der Waals surface area contributed by atoms with Gasteiger partial charge in [0.25, 0.3) is 0 Å². The number of carbonyl (C=O) groups excluding carboxylic acids is 2. The molecule has 200 valence electrons. The topological polar surface area (TPSA) is 104 Å². The van der Waals surface area contributed by atoms with Gasteiger partial charge in [0, 0.05) is 19.8 Å². The highest BCUT2D eigenvalue weighted by Crippen LogP contribution is 2.29. The molecule has 0 saturated carbocycles. The Bertz CT molecular complexity index is 1440. The molecule has 0 spiro atoms. The number of nitrogens with one attached hydrogen (secondary N) is 1. The number of fused-ring (bicyclic) bond motifs is 1. The molecule has 0 aliphatic heterocycles. The summed E-state index contributed by atoms with van der Waals surface area (Å²) >= 11 is 0. The van der Waals surface area contributed by atoms with Crippen molar-refractivity contribution >= 4 is 29.0 Å². The minimum absolute atomic E-state index is 0.182. The number of benzene rings is 1. The minimum atomic E-state index is -0.805. The predicted octanol–water partition coefficient (Wildman–Crippen LogP) is 5.67. The molecule has 1 aromatic carbocycles. The summed E-state index contributed by atoms with van der Waals surface area (Å²) in [5, 5.41) is 0.966. The molecule has 4 aromatic rings. The lowest BCUT2D eigenvalue weighted by Gasteiger charge is -2.28. The average molecular weight is 519 g/mol.